The van der Waals surface area contributed by atoms with Gasteiger partial charge >= 0.3 is 0 Å². The lowest BCUT2D eigenvalue weighted by atomic mass is 9.98. The Hall–Kier alpha value is -1.47. The summed E-state index contributed by atoms with van der Waals surface area (Å²) in [4.78, 5) is 14.9. The van der Waals surface area contributed by atoms with Crippen LogP contribution in [0.1, 0.15) is 31.5 Å². The van der Waals surface area contributed by atoms with Gasteiger partial charge in [-0.05, 0) is 28.1 Å². The Morgan fingerprint density at radius 1 is 1.43 bits per heavy atom. The van der Waals surface area contributed by atoms with E-state index in [9.17, 15) is 10.1 Å². The molecule has 112 valence electrons. The van der Waals surface area contributed by atoms with E-state index in [1.54, 1.807) is 23.5 Å². The molecule has 0 bridgehead atoms. The van der Waals surface area contributed by atoms with E-state index in [0.29, 0.717) is 11.0 Å². The SMILES string of the molecule is CC(C)(C)c1nc(CNc2ccc([N+](=O)[O-])c(Br)c2)cs1. The van der Waals surface area contributed by atoms with Crippen molar-refractivity contribution in [3.05, 3.63) is 48.9 Å². The van der Waals surface area contributed by atoms with Crippen LogP contribution in [0.15, 0.2) is 28.1 Å². The second kappa shape index (κ2) is 6.11. The van der Waals surface area contributed by atoms with Gasteiger partial charge in [-0.25, -0.2) is 4.98 Å². The van der Waals surface area contributed by atoms with Crippen LogP contribution < -0.4 is 5.32 Å². The van der Waals surface area contributed by atoms with E-state index in [2.05, 4.69) is 47.0 Å². The zero-order valence-electron chi connectivity index (χ0n) is 12.0. The highest BCUT2D eigenvalue weighted by molar-refractivity contribution is 9.10. The second-order valence-corrected chi connectivity index (χ2v) is 7.38. The Balaban J connectivity index is 2.05. The summed E-state index contributed by atoms with van der Waals surface area (Å²) in [6.45, 7) is 7.00. The minimum Gasteiger partial charge on any atom is -0.379 e. The standard InChI is InChI=1S/C14H16BrN3O2S/c1-14(2,3)13-17-10(8-21-13)7-16-9-4-5-12(18(19)20)11(15)6-9/h4-6,8,16H,7H2,1-3H3. The van der Waals surface area contributed by atoms with E-state index in [1.165, 1.54) is 6.07 Å². The van der Waals surface area contributed by atoms with Gasteiger partial charge in [-0.3, -0.25) is 10.1 Å². The number of nitrogens with zero attached hydrogens (tertiary/aromatic N) is 2. The molecule has 21 heavy (non-hydrogen) atoms. The van der Waals surface area contributed by atoms with Gasteiger partial charge in [0.15, 0.2) is 0 Å². The van der Waals surface area contributed by atoms with Gasteiger partial charge in [0.1, 0.15) is 0 Å². The highest BCUT2D eigenvalue weighted by Gasteiger charge is 2.18. The molecule has 1 N–H and O–H groups in total. The number of hydrogen-bond donors (Lipinski definition) is 1. The average molecular weight is 370 g/mol. The normalized spacial score (nSPS) is 11.4. The maximum atomic E-state index is 10.8. The summed E-state index contributed by atoms with van der Waals surface area (Å²) >= 11 is 4.86. The first-order valence-corrected chi connectivity index (χ1v) is 8.07. The smallest absolute Gasteiger partial charge is 0.283 e. The first-order chi connectivity index (χ1) is 9.77. The predicted molar refractivity (Wildman–Crippen MR) is 88.9 cm³/mol. The molecule has 0 saturated heterocycles. The van der Waals surface area contributed by atoms with Crippen molar-refractivity contribution in [1.29, 1.82) is 0 Å². The topological polar surface area (TPSA) is 68.1 Å². The highest BCUT2D eigenvalue weighted by Crippen LogP contribution is 2.29. The van der Waals surface area contributed by atoms with Crippen molar-refractivity contribution in [2.24, 2.45) is 0 Å². The molecule has 0 radical (unpaired) electrons. The van der Waals surface area contributed by atoms with Gasteiger partial charge in [-0.15, -0.1) is 11.3 Å². The van der Waals surface area contributed by atoms with E-state index >= 15 is 0 Å². The van der Waals surface area contributed by atoms with Crippen molar-refractivity contribution in [1.82, 2.24) is 4.98 Å². The number of aromatic nitrogens is 1. The van der Waals surface area contributed by atoms with Gasteiger partial charge < -0.3 is 5.32 Å². The number of hydrogen-bond acceptors (Lipinski definition) is 5. The van der Waals surface area contributed by atoms with Gasteiger partial charge in [0.25, 0.3) is 5.69 Å². The van der Waals surface area contributed by atoms with Gasteiger partial charge in [-0.2, -0.15) is 0 Å². The van der Waals surface area contributed by atoms with E-state index in [0.717, 1.165) is 16.4 Å². The Morgan fingerprint density at radius 3 is 2.67 bits per heavy atom. The van der Waals surface area contributed by atoms with E-state index in [4.69, 9.17) is 0 Å². The quantitative estimate of drug-likeness (QED) is 0.624. The van der Waals surface area contributed by atoms with Gasteiger partial charge in [0.05, 0.1) is 26.6 Å². The fraction of sp³-hybridized carbons (Fsp3) is 0.357. The van der Waals surface area contributed by atoms with Crippen molar-refractivity contribution < 1.29 is 4.92 Å². The van der Waals surface area contributed by atoms with Gasteiger partial charge in [0.2, 0.25) is 0 Å². The molecule has 0 fully saturated rings. The fourth-order valence-corrected chi connectivity index (χ4v) is 3.12. The van der Waals surface area contributed by atoms with E-state index in [-0.39, 0.29) is 11.1 Å². The number of nitro benzene ring substituents is 1. The number of nitro groups is 1. The Bertz CT molecular complexity index is 664. The maximum absolute atomic E-state index is 10.8. The first-order valence-electron chi connectivity index (χ1n) is 6.40. The Kier molecular flexibility index (Phi) is 4.63. The van der Waals surface area contributed by atoms with Crippen LogP contribution in [-0.4, -0.2) is 9.91 Å². The Morgan fingerprint density at radius 2 is 2.14 bits per heavy atom. The molecule has 0 atom stereocenters. The van der Waals surface area contributed by atoms with Gasteiger partial charge in [0, 0.05) is 22.5 Å². The lowest BCUT2D eigenvalue weighted by molar-refractivity contribution is -0.385. The number of anilines is 1. The number of halogens is 1. The van der Waals surface area contributed by atoms with Crippen molar-refractivity contribution in [2.75, 3.05) is 5.32 Å². The lowest BCUT2D eigenvalue weighted by Crippen LogP contribution is -2.11. The molecule has 0 spiro atoms. The molecule has 1 aromatic heterocycles. The van der Waals surface area contributed by atoms with Crippen molar-refractivity contribution in [3.63, 3.8) is 0 Å². The van der Waals surface area contributed by atoms with Crippen molar-refractivity contribution in [3.8, 4) is 0 Å². The zero-order chi connectivity index (χ0) is 15.6. The third-order valence-corrected chi connectivity index (χ3v) is 4.76. The molecule has 0 unspecified atom stereocenters. The molecule has 2 aromatic rings. The summed E-state index contributed by atoms with van der Waals surface area (Å²) in [6.07, 6.45) is 0. The predicted octanol–water partition coefficient (Wildman–Crippen LogP) is 4.72. The van der Waals surface area contributed by atoms with E-state index < -0.39 is 4.92 Å². The number of thiazole rings is 1. The zero-order valence-corrected chi connectivity index (χ0v) is 14.4. The van der Waals surface area contributed by atoms with Crippen molar-refractivity contribution >= 4 is 38.6 Å². The molecule has 5 nitrogen and oxygen atoms in total. The maximum Gasteiger partial charge on any atom is 0.283 e. The molecule has 0 amide bonds. The third kappa shape index (κ3) is 4.01. The van der Waals surface area contributed by atoms with Crippen LogP contribution in [0.5, 0.6) is 0 Å². The summed E-state index contributed by atoms with van der Waals surface area (Å²) in [5, 5.41) is 17.1. The fourth-order valence-electron chi connectivity index (χ4n) is 1.69. The summed E-state index contributed by atoms with van der Waals surface area (Å²) in [6, 6.07) is 4.88. The van der Waals surface area contributed by atoms with Crippen LogP contribution in [0.25, 0.3) is 0 Å². The molecular formula is C14H16BrN3O2S. The summed E-state index contributed by atoms with van der Waals surface area (Å²) in [5.41, 5.74) is 1.90. The highest BCUT2D eigenvalue weighted by atomic mass is 79.9. The molecule has 1 heterocycles. The van der Waals surface area contributed by atoms with Gasteiger partial charge in [-0.1, -0.05) is 20.8 Å². The monoisotopic (exact) mass is 369 g/mol. The molecule has 0 aliphatic heterocycles. The van der Waals surface area contributed by atoms with Crippen LogP contribution in [0.2, 0.25) is 0 Å². The summed E-state index contributed by atoms with van der Waals surface area (Å²) in [7, 11) is 0. The second-order valence-electron chi connectivity index (χ2n) is 5.67. The molecule has 0 aliphatic rings. The Labute approximate surface area is 135 Å². The van der Waals surface area contributed by atoms with Crippen LogP contribution in [-0.2, 0) is 12.0 Å². The van der Waals surface area contributed by atoms with Crippen LogP contribution in [0.4, 0.5) is 11.4 Å². The molecule has 1 aromatic carbocycles. The number of nitrogens with one attached hydrogen (secondary N) is 1. The number of rotatable bonds is 4. The largest absolute Gasteiger partial charge is 0.379 e. The summed E-state index contributed by atoms with van der Waals surface area (Å²) in [5.74, 6) is 0. The minimum absolute atomic E-state index is 0.0549. The summed E-state index contributed by atoms with van der Waals surface area (Å²) < 4.78 is 0.464. The van der Waals surface area contributed by atoms with Crippen LogP contribution >= 0.6 is 27.3 Å². The van der Waals surface area contributed by atoms with Crippen molar-refractivity contribution in [2.45, 2.75) is 32.7 Å². The number of benzene rings is 1. The molecule has 0 aliphatic carbocycles. The molecule has 7 heteroatoms. The van der Waals surface area contributed by atoms with E-state index in [1.807, 2.05) is 5.38 Å². The van der Waals surface area contributed by atoms with Crippen LogP contribution in [0.3, 0.4) is 0 Å². The molecule has 0 saturated carbocycles. The molecular weight excluding hydrogens is 354 g/mol. The lowest BCUT2D eigenvalue weighted by Gasteiger charge is -2.13. The minimum atomic E-state index is -0.413. The van der Waals surface area contributed by atoms with Crippen LogP contribution in [0, 0.1) is 10.1 Å². The molecule has 2 rings (SSSR count). The third-order valence-electron chi connectivity index (χ3n) is 2.81. The first kappa shape index (κ1) is 15.9. The average Bonchev–Trinajstić information content (AvgIpc) is 2.84.